The zero-order valence-corrected chi connectivity index (χ0v) is 21.3. The summed E-state index contributed by atoms with van der Waals surface area (Å²) in [6.45, 7) is 4.90. The first kappa shape index (κ1) is 27.3. The molecule has 0 spiro atoms. The number of ether oxygens (including phenoxy) is 2. The van der Waals surface area contributed by atoms with Crippen molar-refractivity contribution in [3.8, 4) is 11.5 Å². The van der Waals surface area contributed by atoms with Crippen molar-refractivity contribution in [1.82, 2.24) is 10.2 Å². The van der Waals surface area contributed by atoms with Crippen LogP contribution in [0.4, 0.5) is 18.9 Å². The van der Waals surface area contributed by atoms with Gasteiger partial charge in [-0.05, 0) is 81.9 Å². The van der Waals surface area contributed by atoms with Crippen molar-refractivity contribution < 1.29 is 27.4 Å². The van der Waals surface area contributed by atoms with Crippen LogP contribution >= 0.6 is 0 Å². The second kappa shape index (κ2) is 12.6. The van der Waals surface area contributed by atoms with Crippen LogP contribution in [-0.2, 0) is 11.3 Å². The zero-order valence-electron chi connectivity index (χ0n) is 21.3. The number of likely N-dealkylation sites (tertiary alicyclic amines) is 1. The Kier molecular flexibility index (Phi) is 9.32. The maximum atomic E-state index is 13.6. The van der Waals surface area contributed by atoms with Crippen LogP contribution < -0.4 is 19.7 Å². The van der Waals surface area contributed by atoms with Crippen molar-refractivity contribution in [2.75, 3.05) is 44.7 Å². The van der Waals surface area contributed by atoms with Crippen LogP contribution in [0.15, 0.2) is 48.5 Å². The lowest BCUT2D eigenvalue weighted by Crippen LogP contribution is -2.42. The highest BCUT2D eigenvalue weighted by molar-refractivity contribution is 5.95. The predicted octanol–water partition coefficient (Wildman–Crippen LogP) is 5.23. The summed E-state index contributed by atoms with van der Waals surface area (Å²) in [5.74, 6) is -0.195. The molecule has 0 unspecified atom stereocenters. The number of amides is 1. The van der Waals surface area contributed by atoms with E-state index in [1.807, 2.05) is 6.07 Å². The first-order chi connectivity index (χ1) is 17.8. The Labute approximate surface area is 216 Å². The minimum atomic E-state index is -4.86. The Hall–Kier alpha value is -2.78. The number of anilines is 1. The number of halogens is 3. The lowest BCUT2D eigenvalue weighted by Gasteiger charge is -2.34. The Morgan fingerprint density at radius 2 is 1.73 bits per heavy atom. The molecule has 2 aliphatic rings. The van der Waals surface area contributed by atoms with Gasteiger partial charge in [-0.15, -0.1) is 13.2 Å². The van der Waals surface area contributed by atoms with E-state index < -0.39 is 12.1 Å². The third-order valence-corrected chi connectivity index (χ3v) is 7.36. The van der Waals surface area contributed by atoms with E-state index in [0.717, 1.165) is 64.8 Å². The van der Waals surface area contributed by atoms with Crippen LogP contribution in [0.25, 0.3) is 0 Å². The summed E-state index contributed by atoms with van der Waals surface area (Å²) < 4.78 is 48.4. The van der Waals surface area contributed by atoms with Crippen molar-refractivity contribution in [2.24, 2.45) is 11.8 Å². The molecule has 1 N–H and O–H groups in total. The molecule has 2 heterocycles. The van der Waals surface area contributed by atoms with Gasteiger partial charge < -0.3 is 19.7 Å². The van der Waals surface area contributed by atoms with Gasteiger partial charge in [0.2, 0.25) is 5.91 Å². The molecule has 2 aromatic rings. The second-order valence-electron chi connectivity index (χ2n) is 9.89. The molecule has 0 aliphatic carbocycles. The van der Waals surface area contributed by atoms with Crippen LogP contribution in [0.5, 0.6) is 11.5 Å². The van der Waals surface area contributed by atoms with Gasteiger partial charge in [-0.3, -0.25) is 9.69 Å². The van der Waals surface area contributed by atoms with E-state index in [-0.39, 0.29) is 17.6 Å². The van der Waals surface area contributed by atoms with Crippen LogP contribution in [0, 0.1) is 11.8 Å². The average molecular weight is 520 g/mol. The topological polar surface area (TPSA) is 54.0 Å². The average Bonchev–Trinajstić information content (AvgIpc) is 2.90. The van der Waals surface area contributed by atoms with Crippen LogP contribution in [0.3, 0.4) is 0 Å². The van der Waals surface area contributed by atoms with Gasteiger partial charge in [0.15, 0.2) is 11.5 Å². The Bertz CT molecular complexity index is 1000. The number of hydrogen-bond acceptors (Lipinski definition) is 5. The summed E-state index contributed by atoms with van der Waals surface area (Å²) in [5, 5.41) is 3.27. The normalized spacial score (nSPS) is 17.9. The van der Waals surface area contributed by atoms with Gasteiger partial charge >= 0.3 is 6.36 Å². The molecule has 202 valence electrons. The number of nitrogens with zero attached hydrogens (tertiary/aromatic N) is 2. The van der Waals surface area contributed by atoms with E-state index in [0.29, 0.717) is 18.2 Å². The summed E-state index contributed by atoms with van der Waals surface area (Å²) in [6.07, 6.45) is -0.550. The van der Waals surface area contributed by atoms with Crippen LogP contribution in [0.1, 0.15) is 37.7 Å². The fraction of sp³-hybridized carbons (Fsp3) is 0.536. The van der Waals surface area contributed by atoms with E-state index in [4.69, 9.17) is 4.74 Å². The molecule has 6 nitrogen and oxygen atoms in total. The van der Waals surface area contributed by atoms with Crippen molar-refractivity contribution in [3.05, 3.63) is 54.1 Å². The molecule has 0 radical (unpaired) electrons. The SMILES string of the molecule is COc1ccc(N(CCC2CCN(Cc3ccccc3)CC2)C(=O)C2CCNCC2)cc1OC(F)(F)F. The van der Waals surface area contributed by atoms with Crippen molar-refractivity contribution in [3.63, 3.8) is 0 Å². The summed E-state index contributed by atoms with van der Waals surface area (Å²) in [5.41, 5.74) is 1.71. The standard InChI is InChI=1S/C28H36F3N3O3/c1-36-25-8-7-24(19-26(25)37-28(29,30)31)34(27(35)23-9-14-32-15-10-23)18-13-21-11-16-33(17-12-21)20-22-5-3-2-4-6-22/h2-8,19,21,23,32H,9-18,20H2,1H3. The lowest BCUT2D eigenvalue weighted by molar-refractivity contribution is -0.275. The molecule has 0 atom stereocenters. The summed E-state index contributed by atoms with van der Waals surface area (Å²) in [4.78, 5) is 17.7. The van der Waals surface area contributed by atoms with Crippen LogP contribution in [0.2, 0.25) is 0 Å². The van der Waals surface area contributed by atoms with E-state index in [1.165, 1.54) is 24.8 Å². The number of alkyl halides is 3. The number of piperidine rings is 2. The number of carbonyl (C=O) groups excluding carboxylic acids is 1. The first-order valence-electron chi connectivity index (χ1n) is 13.0. The molecular weight excluding hydrogens is 483 g/mol. The van der Waals surface area contributed by atoms with Crippen molar-refractivity contribution in [2.45, 2.75) is 45.0 Å². The molecule has 9 heteroatoms. The second-order valence-corrected chi connectivity index (χ2v) is 9.89. The predicted molar refractivity (Wildman–Crippen MR) is 137 cm³/mol. The van der Waals surface area contributed by atoms with Gasteiger partial charge in [-0.1, -0.05) is 30.3 Å². The monoisotopic (exact) mass is 519 g/mol. The number of methoxy groups -OCH3 is 1. The largest absolute Gasteiger partial charge is 0.573 e. The lowest BCUT2D eigenvalue weighted by atomic mass is 9.92. The van der Waals surface area contributed by atoms with Gasteiger partial charge in [-0.25, -0.2) is 0 Å². The maximum Gasteiger partial charge on any atom is 0.573 e. The summed E-state index contributed by atoms with van der Waals surface area (Å²) in [7, 11) is 1.29. The highest BCUT2D eigenvalue weighted by Gasteiger charge is 2.34. The fourth-order valence-corrected chi connectivity index (χ4v) is 5.28. The van der Waals surface area contributed by atoms with E-state index in [1.54, 1.807) is 11.0 Å². The minimum Gasteiger partial charge on any atom is -0.493 e. The smallest absolute Gasteiger partial charge is 0.493 e. The highest BCUT2D eigenvalue weighted by Crippen LogP contribution is 2.37. The third-order valence-electron chi connectivity index (χ3n) is 7.36. The van der Waals surface area contributed by atoms with Gasteiger partial charge in [-0.2, -0.15) is 0 Å². The molecule has 0 bridgehead atoms. The van der Waals surface area contributed by atoms with E-state index in [9.17, 15) is 18.0 Å². The molecule has 2 aromatic carbocycles. The maximum absolute atomic E-state index is 13.6. The molecule has 1 amide bonds. The van der Waals surface area contributed by atoms with Gasteiger partial charge in [0.25, 0.3) is 0 Å². The fourth-order valence-electron chi connectivity index (χ4n) is 5.28. The van der Waals surface area contributed by atoms with Crippen molar-refractivity contribution >= 4 is 11.6 Å². The number of hydrogen-bond donors (Lipinski definition) is 1. The highest BCUT2D eigenvalue weighted by atomic mass is 19.4. The van der Waals surface area contributed by atoms with E-state index >= 15 is 0 Å². The molecule has 37 heavy (non-hydrogen) atoms. The van der Waals surface area contributed by atoms with Crippen molar-refractivity contribution in [1.29, 1.82) is 0 Å². The molecule has 0 saturated carbocycles. The third kappa shape index (κ3) is 7.85. The number of carbonyl (C=O) groups is 1. The first-order valence-corrected chi connectivity index (χ1v) is 13.0. The number of nitrogens with one attached hydrogen (secondary N) is 1. The minimum absolute atomic E-state index is 0.0267. The zero-order chi connectivity index (χ0) is 26.3. The summed E-state index contributed by atoms with van der Waals surface area (Å²) >= 11 is 0. The Morgan fingerprint density at radius 1 is 1.03 bits per heavy atom. The van der Waals surface area contributed by atoms with Crippen LogP contribution in [-0.4, -0.2) is 57.0 Å². The summed E-state index contributed by atoms with van der Waals surface area (Å²) in [6, 6.07) is 14.8. The number of benzene rings is 2. The molecule has 0 aromatic heterocycles. The quantitative estimate of drug-likeness (QED) is 0.492. The van der Waals surface area contributed by atoms with Gasteiger partial charge in [0, 0.05) is 30.8 Å². The Balaban J connectivity index is 1.44. The molecular formula is C28H36F3N3O3. The number of rotatable bonds is 9. The molecule has 2 aliphatic heterocycles. The molecule has 2 fully saturated rings. The Morgan fingerprint density at radius 3 is 2.38 bits per heavy atom. The molecule has 4 rings (SSSR count). The van der Waals surface area contributed by atoms with Gasteiger partial charge in [0.05, 0.1) is 7.11 Å². The van der Waals surface area contributed by atoms with E-state index in [2.05, 4.69) is 39.2 Å². The molecule has 2 saturated heterocycles. The van der Waals surface area contributed by atoms with Gasteiger partial charge in [0.1, 0.15) is 0 Å².